The molecule has 1 aromatic carbocycles. The molecule has 0 aliphatic heterocycles. The van der Waals surface area contributed by atoms with Crippen molar-refractivity contribution in [3.63, 3.8) is 0 Å². The number of thiazole rings is 1. The van der Waals surface area contributed by atoms with Crippen LogP contribution < -0.4 is 22.7 Å². The van der Waals surface area contributed by atoms with E-state index < -0.39 is 5.56 Å². The monoisotopic (exact) mass is 343 g/mol. The summed E-state index contributed by atoms with van der Waals surface area (Å²) in [5, 5.41) is 3.12. The van der Waals surface area contributed by atoms with Crippen LogP contribution in [0.3, 0.4) is 0 Å². The highest BCUT2D eigenvalue weighted by molar-refractivity contribution is 7.09. The molecule has 7 nitrogen and oxygen atoms in total. The summed E-state index contributed by atoms with van der Waals surface area (Å²) in [7, 11) is 0. The van der Waals surface area contributed by atoms with Gasteiger partial charge in [0.05, 0.1) is 16.6 Å². The predicted molar refractivity (Wildman–Crippen MR) is 95.2 cm³/mol. The Morgan fingerprint density at radius 1 is 1.42 bits per heavy atom. The number of aromatic amines is 1. The van der Waals surface area contributed by atoms with Crippen molar-refractivity contribution in [3.8, 4) is 11.3 Å². The van der Waals surface area contributed by atoms with Gasteiger partial charge in [0.2, 0.25) is 0 Å². The van der Waals surface area contributed by atoms with Crippen LogP contribution >= 0.6 is 11.3 Å². The lowest BCUT2D eigenvalue weighted by atomic mass is 10.0. The van der Waals surface area contributed by atoms with Crippen molar-refractivity contribution in [1.29, 1.82) is 0 Å². The largest absolute Gasteiger partial charge is 0.398 e. The average molecular weight is 343 g/mol. The Kier molecular flexibility index (Phi) is 3.33. The predicted octanol–water partition coefficient (Wildman–Crippen LogP) is 1.50. The van der Waals surface area contributed by atoms with Crippen LogP contribution in [0.1, 0.15) is 29.5 Å². The Balaban J connectivity index is 2.11. The van der Waals surface area contributed by atoms with Crippen LogP contribution in [0.5, 0.6) is 0 Å². The summed E-state index contributed by atoms with van der Waals surface area (Å²) in [5.74, 6) is 0. The van der Waals surface area contributed by atoms with E-state index in [0.717, 1.165) is 34.7 Å². The lowest BCUT2D eigenvalue weighted by Gasteiger charge is -2.15. The van der Waals surface area contributed by atoms with Crippen LogP contribution in [0.15, 0.2) is 21.0 Å². The normalized spacial score (nSPS) is 14.4. The summed E-state index contributed by atoms with van der Waals surface area (Å²) < 4.78 is 1.67. The van der Waals surface area contributed by atoms with Crippen molar-refractivity contribution in [3.05, 3.63) is 42.9 Å². The van der Waals surface area contributed by atoms with E-state index >= 15 is 0 Å². The fourth-order valence-corrected chi connectivity index (χ4v) is 3.80. The second-order valence-corrected chi connectivity index (χ2v) is 7.00. The molecular weight excluding hydrogens is 326 g/mol. The van der Waals surface area contributed by atoms with Crippen molar-refractivity contribution in [2.24, 2.45) is 5.73 Å². The molecule has 24 heavy (non-hydrogen) atoms. The smallest absolute Gasteiger partial charge is 0.329 e. The van der Waals surface area contributed by atoms with Gasteiger partial charge in [-0.3, -0.25) is 14.3 Å². The Labute approximate surface area is 141 Å². The summed E-state index contributed by atoms with van der Waals surface area (Å²) in [6, 6.07) is 1.88. The number of nitrogen functional groups attached to an aromatic ring is 1. The summed E-state index contributed by atoms with van der Waals surface area (Å²) in [4.78, 5) is 31.5. The number of nitrogens with one attached hydrogen (secondary N) is 1. The highest BCUT2D eigenvalue weighted by Gasteiger charge is 2.29. The maximum Gasteiger partial charge on any atom is 0.329 e. The van der Waals surface area contributed by atoms with Crippen molar-refractivity contribution >= 4 is 27.9 Å². The first kappa shape index (κ1) is 15.1. The minimum Gasteiger partial charge on any atom is -0.398 e. The van der Waals surface area contributed by atoms with Gasteiger partial charge in [0.15, 0.2) is 0 Å². The minimum absolute atomic E-state index is 0.125. The van der Waals surface area contributed by atoms with Gasteiger partial charge in [-0.15, -0.1) is 11.3 Å². The van der Waals surface area contributed by atoms with Gasteiger partial charge in [-0.2, -0.15) is 0 Å². The van der Waals surface area contributed by atoms with E-state index in [0.29, 0.717) is 23.1 Å². The van der Waals surface area contributed by atoms with E-state index in [4.69, 9.17) is 11.5 Å². The first-order valence-corrected chi connectivity index (χ1v) is 8.61. The van der Waals surface area contributed by atoms with Crippen LogP contribution in [-0.4, -0.2) is 14.5 Å². The molecule has 5 N–H and O–H groups in total. The molecule has 4 rings (SSSR count). The Bertz CT molecular complexity index is 1070. The molecule has 0 saturated heterocycles. The standard InChI is InChI=1S/C16H17N5O2S/c1-7-9(11-6-24-12(5-17)19-11)4-10(18)13-14(7)21(8-2-3-8)16(23)20-15(13)22/h4,6,8H,2-3,5,17-18H2,1H3,(H,20,22,23). The zero-order valence-corrected chi connectivity index (χ0v) is 13.9. The topological polar surface area (TPSA) is 120 Å². The molecule has 2 aromatic heterocycles. The van der Waals surface area contributed by atoms with Gasteiger partial charge in [0.1, 0.15) is 5.01 Å². The number of nitrogens with zero attached hydrogens (tertiary/aromatic N) is 2. The van der Waals surface area contributed by atoms with Crippen molar-refractivity contribution < 1.29 is 0 Å². The fraction of sp³-hybridized carbons (Fsp3) is 0.312. The molecule has 1 aliphatic rings. The SMILES string of the molecule is Cc1c(-c2csc(CN)n2)cc(N)c2c(=O)[nH]c(=O)n(C3CC3)c12. The van der Waals surface area contributed by atoms with Crippen molar-refractivity contribution in [2.45, 2.75) is 32.4 Å². The third-order valence-corrected chi connectivity index (χ3v) is 5.28. The summed E-state index contributed by atoms with van der Waals surface area (Å²) in [6.07, 6.45) is 1.86. The number of hydrogen-bond acceptors (Lipinski definition) is 6. The van der Waals surface area contributed by atoms with Crippen molar-refractivity contribution in [2.75, 3.05) is 5.73 Å². The van der Waals surface area contributed by atoms with E-state index in [9.17, 15) is 9.59 Å². The third kappa shape index (κ3) is 2.18. The molecule has 0 atom stereocenters. The molecule has 8 heteroatoms. The second kappa shape index (κ2) is 5.29. The molecule has 0 bridgehead atoms. The van der Waals surface area contributed by atoms with E-state index in [-0.39, 0.29) is 11.7 Å². The number of H-pyrrole nitrogens is 1. The number of fused-ring (bicyclic) bond motifs is 1. The van der Waals surface area contributed by atoms with Crippen molar-refractivity contribution in [1.82, 2.24) is 14.5 Å². The number of anilines is 1. The lowest BCUT2D eigenvalue weighted by Crippen LogP contribution is -2.30. The molecule has 3 aromatic rings. The molecular formula is C16H17N5O2S. The van der Waals surface area contributed by atoms with Gasteiger partial charge in [0.25, 0.3) is 5.56 Å². The van der Waals surface area contributed by atoms with Crippen LogP contribution in [0, 0.1) is 6.92 Å². The van der Waals surface area contributed by atoms with Gasteiger partial charge in [-0.05, 0) is 31.4 Å². The van der Waals surface area contributed by atoms with E-state index in [1.165, 1.54) is 11.3 Å². The van der Waals surface area contributed by atoms with E-state index in [2.05, 4.69) is 9.97 Å². The Morgan fingerprint density at radius 3 is 2.79 bits per heavy atom. The summed E-state index contributed by atoms with van der Waals surface area (Å²) in [5.41, 5.74) is 14.4. The van der Waals surface area contributed by atoms with Gasteiger partial charge in [-0.25, -0.2) is 9.78 Å². The fourth-order valence-electron chi connectivity index (χ4n) is 3.12. The number of aryl methyl sites for hydroxylation is 1. The quantitative estimate of drug-likeness (QED) is 0.623. The first-order chi connectivity index (χ1) is 11.5. The van der Waals surface area contributed by atoms with E-state index in [1.54, 1.807) is 10.6 Å². The first-order valence-electron chi connectivity index (χ1n) is 7.73. The lowest BCUT2D eigenvalue weighted by molar-refractivity contribution is 0.707. The zero-order chi connectivity index (χ0) is 17.0. The third-order valence-electron chi connectivity index (χ3n) is 4.41. The Morgan fingerprint density at radius 2 is 2.17 bits per heavy atom. The van der Waals surface area contributed by atoms with Crippen LogP contribution in [0.2, 0.25) is 0 Å². The molecule has 0 unspecified atom stereocenters. The maximum absolute atomic E-state index is 12.3. The average Bonchev–Trinajstić information content (AvgIpc) is 3.26. The molecule has 1 aliphatic carbocycles. The zero-order valence-electron chi connectivity index (χ0n) is 13.1. The number of rotatable bonds is 3. The van der Waals surface area contributed by atoms with Crippen LogP contribution in [0.25, 0.3) is 22.2 Å². The van der Waals surface area contributed by atoms with Gasteiger partial charge in [0, 0.05) is 29.2 Å². The number of nitrogens with two attached hydrogens (primary N) is 2. The van der Waals surface area contributed by atoms with Crippen LogP contribution in [0.4, 0.5) is 5.69 Å². The summed E-state index contributed by atoms with van der Waals surface area (Å²) in [6.45, 7) is 2.27. The molecule has 1 saturated carbocycles. The molecule has 0 spiro atoms. The molecule has 2 heterocycles. The van der Waals surface area contributed by atoms with Gasteiger partial charge < -0.3 is 11.5 Å². The summed E-state index contributed by atoms with van der Waals surface area (Å²) >= 11 is 1.48. The highest BCUT2D eigenvalue weighted by Crippen LogP contribution is 2.39. The maximum atomic E-state index is 12.3. The molecule has 0 amide bonds. The molecule has 0 radical (unpaired) electrons. The number of hydrogen-bond donors (Lipinski definition) is 3. The minimum atomic E-state index is -0.444. The van der Waals surface area contributed by atoms with Gasteiger partial charge in [-0.1, -0.05) is 0 Å². The number of benzene rings is 1. The van der Waals surface area contributed by atoms with Crippen LogP contribution in [-0.2, 0) is 6.54 Å². The van der Waals surface area contributed by atoms with E-state index in [1.807, 2.05) is 12.3 Å². The second-order valence-electron chi connectivity index (χ2n) is 6.05. The number of aromatic nitrogens is 3. The Hall–Kier alpha value is -2.45. The molecule has 1 fully saturated rings. The van der Waals surface area contributed by atoms with Gasteiger partial charge >= 0.3 is 5.69 Å². The molecule has 124 valence electrons. The highest BCUT2D eigenvalue weighted by atomic mass is 32.1.